The second kappa shape index (κ2) is 37.0. The summed E-state index contributed by atoms with van der Waals surface area (Å²) in [5.41, 5.74) is 1.89. The molecule has 1 rings (SSSR count). The molecule has 0 aliphatic carbocycles. The van der Waals surface area contributed by atoms with E-state index in [4.69, 9.17) is 18.5 Å². The summed E-state index contributed by atoms with van der Waals surface area (Å²) in [6.07, 6.45) is 33.8. The maximum Gasteiger partial charge on any atom is 0.472 e. The van der Waals surface area contributed by atoms with Gasteiger partial charge in [0.25, 0.3) is 5.91 Å². The molecule has 0 aromatic heterocycles. The smallest absolute Gasteiger partial charge is 0.462 e. The van der Waals surface area contributed by atoms with Gasteiger partial charge < -0.3 is 19.7 Å². The van der Waals surface area contributed by atoms with Crippen molar-refractivity contribution in [3.63, 3.8) is 0 Å². The van der Waals surface area contributed by atoms with E-state index in [-0.39, 0.29) is 32.6 Å². The number of hydrogen-bond acceptors (Lipinski definition) is 8. The zero-order chi connectivity index (χ0) is 43.2. The number of benzene rings is 1. The van der Waals surface area contributed by atoms with Crippen LogP contribution in [-0.2, 0) is 32.7 Å². The summed E-state index contributed by atoms with van der Waals surface area (Å²) in [4.78, 5) is 48.3. The highest BCUT2D eigenvalue weighted by molar-refractivity contribution is 7.47. The van der Waals surface area contributed by atoms with Gasteiger partial charge in [0.1, 0.15) is 6.61 Å². The zero-order valence-electron chi connectivity index (χ0n) is 37.2. The van der Waals surface area contributed by atoms with Crippen LogP contribution in [0.15, 0.2) is 31.4 Å². The van der Waals surface area contributed by atoms with Crippen molar-refractivity contribution in [1.29, 1.82) is 0 Å². The molecule has 1 aromatic rings. The van der Waals surface area contributed by atoms with Crippen LogP contribution in [-0.4, -0.2) is 55.2 Å². The Morgan fingerprint density at radius 2 is 1.02 bits per heavy atom. The minimum Gasteiger partial charge on any atom is -0.462 e. The van der Waals surface area contributed by atoms with Gasteiger partial charge in [0.2, 0.25) is 0 Å². The van der Waals surface area contributed by atoms with Crippen LogP contribution in [0.1, 0.15) is 215 Å². The standard InChI is InChI=1S/C48H82NO9P/c1-5-9-11-13-15-17-19-21-23-25-27-29-31-33-46(50)55-40-45(58-47(51)34-32-30-28-26-24-22-20-18-16-14-12-10-6-2)41-57-59(53,54)56-36-35-49-48(52)44-38-42(7-3)37-43(8-4)39-44/h7-8,37-39,45H,3-6,9-36,40-41H2,1-2H3,(H,49,52)(H,53,54)/t45-/m1/s1. The van der Waals surface area contributed by atoms with E-state index < -0.39 is 38.4 Å². The molecule has 1 amide bonds. The van der Waals surface area contributed by atoms with Crippen molar-refractivity contribution in [2.75, 3.05) is 26.4 Å². The minimum atomic E-state index is -4.60. The van der Waals surface area contributed by atoms with Crippen molar-refractivity contribution in [3.8, 4) is 0 Å². The Labute approximate surface area is 358 Å². The number of ether oxygens (including phenoxy) is 2. The average molecular weight is 848 g/mol. The van der Waals surface area contributed by atoms with Crippen molar-refractivity contribution < 1.29 is 42.4 Å². The molecule has 10 nitrogen and oxygen atoms in total. The molecule has 0 bridgehead atoms. The van der Waals surface area contributed by atoms with E-state index in [1.54, 1.807) is 24.3 Å². The van der Waals surface area contributed by atoms with Crippen LogP contribution in [0.3, 0.4) is 0 Å². The third-order valence-electron chi connectivity index (χ3n) is 10.5. The number of rotatable bonds is 41. The highest BCUT2D eigenvalue weighted by Gasteiger charge is 2.26. The Balaban J connectivity index is 2.47. The molecule has 0 saturated carbocycles. The normalized spacial score (nSPS) is 12.7. The molecule has 1 aromatic carbocycles. The van der Waals surface area contributed by atoms with Crippen molar-refractivity contribution in [2.24, 2.45) is 0 Å². The lowest BCUT2D eigenvalue weighted by Gasteiger charge is -2.20. The molecule has 0 saturated heterocycles. The summed E-state index contributed by atoms with van der Waals surface area (Å²) in [6, 6.07) is 5.18. The molecule has 0 spiro atoms. The highest BCUT2D eigenvalue weighted by Crippen LogP contribution is 2.43. The number of phosphoric ester groups is 1. The Hall–Kier alpha value is -2.78. The van der Waals surface area contributed by atoms with E-state index >= 15 is 0 Å². The van der Waals surface area contributed by atoms with Gasteiger partial charge in [0.15, 0.2) is 6.10 Å². The molecule has 0 aliphatic rings. The lowest BCUT2D eigenvalue weighted by Crippen LogP contribution is -2.30. The van der Waals surface area contributed by atoms with Crippen LogP contribution < -0.4 is 5.32 Å². The van der Waals surface area contributed by atoms with Crippen LogP contribution in [0.5, 0.6) is 0 Å². The fraction of sp³-hybridized carbons (Fsp3) is 0.729. The molecule has 0 aliphatic heterocycles. The number of unbranched alkanes of at least 4 members (excludes halogenated alkanes) is 24. The first kappa shape index (κ1) is 54.2. The topological polar surface area (TPSA) is 137 Å². The predicted octanol–water partition coefficient (Wildman–Crippen LogP) is 13.3. The fourth-order valence-corrected chi connectivity index (χ4v) is 7.63. The van der Waals surface area contributed by atoms with Gasteiger partial charge in [0, 0.05) is 24.9 Å². The maximum atomic E-state index is 12.8. The third kappa shape index (κ3) is 31.7. The van der Waals surface area contributed by atoms with Crippen molar-refractivity contribution in [2.45, 2.75) is 200 Å². The van der Waals surface area contributed by atoms with Gasteiger partial charge in [0.05, 0.1) is 13.2 Å². The third-order valence-corrected chi connectivity index (χ3v) is 11.5. The number of amides is 1. The quantitative estimate of drug-likeness (QED) is 0.0375. The summed E-state index contributed by atoms with van der Waals surface area (Å²) >= 11 is 0. The van der Waals surface area contributed by atoms with Crippen LogP contribution >= 0.6 is 7.82 Å². The first-order valence-corrected chi connectivity index (χ1v) is 24.8. The summed E-state index contributed by atoms with van der Waals surface area (Å²) < 4.78 is 33.9. The summed E-state index contributed by atoms with van der Waals surface area (Å²) in [5.74, 6) is -1.29. The number of hydrogen-bond donors (Lipinski definition) is 2. The van der Waals surface area contributed by atoms with E-state index in [1.165, 1.54) is 116 Å². The Morgan fingerprint density at radius 1 is 0.610 bits per heavy atom. The summed E-state index contributed by atoms with van der Waals surface area (Å²) in [7, 11) is -4.60. The number of phosphoric acid groups is 1. The fourth-order valence-electron chi connectivity index (χ4n) is 6.88. The van der Waals surface area contributed by atoms with E-state index in [9.17, 15) is 23.8 Å². The number of carbonyl (C=O) groups is 3. The molecule has 338 valence electrons. The molecule has 0 radical (unpaired) electrons. The number of carbonyl (C=O) groups excluding carboxylic acids is 3. The largest absolute Gasteiger partial charge is 0.472 e. The molecule has 11 heteroatoms. The summed E-state index contributed by atoms with van der Waals surface area (Å²) in [6.45, 7) is 10.8. The molecule has 1 unspecified atom stereocenters. The first-order chi connectivity index (χ1) is 28.6. The lowest BCUT2D eigenvalue weighted by molar-refractivity contribution is -0.161. The average Bonchev–Trinajstić information content (AvgIpc) is 3.23. The number of esters is 2. The van der Waals surface area contributed by atoms with Gasteiger partial charge in [-0.25, -0.2) is 4.57 Å². The molecule has 0 fully saturated rings. The highest BCUT2D eigenvalue weighted by atomic mass is 31.2. The molecule has 0 heterocycles. The van der Waals surface area contributed by atoms with Gasteiger partial charge in [-0.05, 0) is 42.2 Å². The second-order valence-corrected chi connectivity index (χ2v) is 17.4. The predicted molar refractivity (Wildman–Crippen MR) is 242 cm³/mol. The molecule has 2 N–H and O–H groups in total. The lowest BCUT2D eigenvalue weighted by atomic mass is 10.0. The number of nitrogens with one attached hydrogen (secondary N) is 1. The van der Waals surface area contributed by atoms with E-state index in [0.29, 0.717) is 18.4 Å². The molecular weight excluding hydrogens is 765 g/mol. The van der Waals surface area contributed by atoms with Gasteiger partial charge in [-0.3, -0.25) is 23.4 Å². The van der Waals surface area contributed by atoms with Crippen molar-refractivity contribution >= 4 is 37.8 Å². The van der Waals surface area contributed by atoms with Gasteiger partial charge in [-0.1, -0.05) is 193 Å². The van der Waals surface area contributed by atoms with E-state index in [0.717, 1.165) is 49.7 Å². The van der Waals surface area contributed by atoms with Gasteiger partial charge in [-0.2, -0.15) is 0 Å². The van der Waals surface area contributed by atoms with Crippen LogP contribution in [0, 0.1) is 0 Å². The van der Waals surface area contributed by atoms with Crippen molar-refractivity contribution in [3.05, 3.63) is 48.0 Å². The van der Waals surface area contributed by atoms with Crippen molar-refractivity contribution in [1.82, 2.24) is 5.32 Å². The first-order valence-electron chi connectivity index (χ1n) is 23.3. The Kier molecular flexibility index (Phi) is 34.0. The van der Waals surface area contributed by atoms with Crippen LogP contribution in [0.4, 0.5) is 0 Å². The SMILES string of the molecule is C=Cc1cc(C=C)cc(C(=O)NCCOP(=O)(O)OC[C@@H](COC(=O)CCCCCCCCCCCCCCC)OC(=O)CCCCCCCCCCCCCCC)c1. The van der Waals surface area contributed by atoms with Crippen LogP contribution in [0.2, 0.25) is 0 Å². The van der Waals surface area contributed by atoms with Gasteiger partial charge in [-0.15, -0.1) is 0 Å². The second-order valence-electron chi connectivity index (χ2n) is 15.9. The zero-order valence-corrected chi connectivity index (χ0v) is 38.1. The van der Waals surface area contributed by atoms with E-state index in [2.05, 4.69) is 32.3 Å². The molecule has 2 atom stereocenters. The van der Waals surface area contributed by atoms with Gasteiger partial charge >= 0.3 is 19.8 Å². The monoisotopic (exact) mass is 848 g/mol. The molecule has 59 heavy (non-hydrogen) atoms. The molecular formula is C48H82NO9P. The van der Waals surface area contributed by atoms with E-state index in [1.807, 2.05) is 6.07 Å². The summed E-state index contributed by atoms with van der Waals surface area (Å²) in [5, 5.41) is 2.65. The minimum absolute atomic E-state index is 0.0666. The Morgan fingerprint density at radius 3 is 1.44 bits per heavy atom. The maximum absolute atomic E-state index is 12.8. The Bertz CT molecular complexity index is 1290. The van der Waals surface area contributed by atoms with Crippen LogP contribution in [0.25, 0.3) is 12.2 Å².